The molecule has 32 heavy (non-hydrogen) atoms. The third kappa shape index (κ3) is 5.93. The summed E-state index contributed by atoms with van der Waals surface area (Å²) in [7, 11) is 0. The van der Waals surface area contributed by atoms with Crippen LogP contribution in [-0.4, -0.2) is 70.0 Å². The van der Waals surface area contributed by atoms with Gasteiger partial charge in [0.1, 0.15) is 5.82 Å². The molecule has 1 aliphatic rings. The van der Waals surface area contributed by atoms with Gasteiger partial charge < -0.3 is 15.0 Å². The summed E-state index contributed by atoms with van der Waals surface area (Å²) in [4.78, 5) is 24.0. The zero-order chi connectivity index (χ0) is 22.2. The molecule has 1 saturated heterocycles. The number of rotatable bonds is 10. The van der Waals surface area contributed by atoms with Crippen LogP contribution >= 0.6 is 23.5 Å². The quantitative estimate of drug-likeness (QED) is 0.356. The van der Waals surface area contributed by atoms with Crippen LogP contribution in [0, 0.1) is 0 Å². The van der Waals surface area contributed by atoms with Crippen LogP contribution in [0.2, 0.25) is 0 Å². The predicted molar refractivity (Wildman–Crippen MR) is 130 cm³/mol. The van der Waals surface area contributed by atoms with Crippen molar-refractivity contribution < 1.29 is 9.53 Å². The van der Waals surface area contributed by atoms with Crippen LogP contribution in [0.3, 0.4) is 0 Å². The van der Waals surface area contributed by atoms with Gasteiger partial charge in [0.25, 0.3) is 0 Å². The van der Waals surface area contributed by atoms with Crippen molar-refractivity contribution in [1.29, 1.82) is 0 Å². The lowest BCUT2D eigenvalue weighted by Crippen LogP contribution is -2.37. The molecule has 4 rings (SSSR count). The van der Waals surface area contributed by atoms with Crippen molar-refractivity contribution >= 4 is 46.3 Å². The number of carbonyl (C=O) groups excluding carboxylic acids is 1. The molecule has 0 spiro atoms. The second kappa shape index (κ2) is 11.5. The monoisotopic (exact) mass is 472 g/mol. The van der Waals surface area contributed by atoms with E-state index in [9.17, 15) is 4.79 Å². The molecule has 1 fully saturated rings. The molecule has 0 saturated carbocycles. The first kappa shape index (κ1) is 22.9. The first-order valence-electron chi connectivity index (χ1n) is 10.8. The van der Waals surface area contributed by atoms with E-state index >= 15 is 0 Å². The molecular formula is C22H28N6O2S2. The Morgan fingerprint density at radius 3 is 2.78 bits per heavy atom. The first-order chi connectivity index (χ1) is 15.7. The molecular weight excluding hydrogens is 444 g/mol. The summed E-state index contributed by atoms with van der Waals surface area (Å²) in [6.45, 7) is 6.18. The van der Waals surface area contributed by atoms with Gasteiger partial charge in [0.2, 0.25) is 5.91 Å². The molecule has 0 radical (unpaired) electrons. The number of nitrogens with one attached hydrogen (secondary N) is 1. The highest BCUT2D eigenvalue weighted by molar-refractivity contribution is 7.99. The number of morpholine rings is 1. The number of carbonyl (C=O) groups is 1. The Hall–Kier alpha value is -2.30. The van der Waals surface area contributed by atoms with Crippen molar-refractivity contribution in [3.63, 3.8) is 0 Å². The van der Waals surface area contributed by atoms with Gasteiger partial charge in [-0.2, -0.15) is 5.10 Å². The topological polar surface area (TPSA) is 85.2 Å². The Balaban J connectivity index is 1.36. The number of ether oxygens (including phenoxy) is 1. The fraction of sp³-hybridized carbons (Fsp3) is 0.455. The molecule has 1 N–H and O–H groups in total. The van der Waals surface area contributed by atoms with Crippen molar-refractivity contribution in [1.82, 2.24) is 25.1 Å². The van der Waals surface area contributed by atoms with Crippen LogP contribution in [0.25, 0.3) is 11.0 Å². The standard InChI is InChI=1S/C22H28N6O2S2/c1-2-32-22-25-20(27-10-12-30-13-11-27)18-14-24-28(21(18)26-22)9-8-23-19(29)16-31-15-17-6-4-3-5-7-17/h3-7,14H,2,8-13,15-16H2,1H3,(H,23,29). The fourth-order valence-electron chi connectivity index (χ4n) is 3.48. The van der Waals surface area contributed by atoms with E-state index in [1.807, 2.05) is 29.1 Å². The van der Waals surface area contributed by atoms with Gasteiger partial charge in [-0.3, -0.25) is 4.79 Å². The summed E-state index contributed by atoms with van der Waals surface area (Å²) >= 11 is 3.24. The molecule has 170 valence electrons. The number of hydrogen-bond acceptors (Lipinski definition) is 8. The number of nitrogens with zero attached hydrogens (tertiary/aromatic N) is 5. The van der Waals surface area contributed by atoms with Gasteiger partial charge in [0.15, 0.2) is 10.8 Å². The maximum absolute atomic E-state index is 12.2. The lowest BCUT2D eigenvalue weighted by molar-refractivity contribution is -0.118. The molecule has 3 aromatic rings. The number of fused-ring (bicyclic) bond motifs is 1. The van der Waals surface area contributed by atoms with Crippen LogP contribution in [-0.2, 0) is 21.8 Å². The molecule has 8 nitrogen and oxygen atoms in total. The molecule has 0 aliphatic carbocycles. The maximum atomic E-state index is 12.2. The number of thioether (sulfide) groups is 2. The predicted octanol–water partition coefficient (Wildman–Crippen LogP) is 2.82. The Labute approximate surface area is 196 Å². The van der Waals surface area contributed by atoms with E-state index in [4.69, 9.17) is 14.7 Å². The van der Waals surface area contributed by atoms with Gasteiger partial charge in [-0.25, -0.2) is 14.6 Å². The largest absolute Gasteiger partial charge is 0.378 e. The minimum atomic E-state index is 0.0354. The second-order valence-electron chi connectivity index (χ2n) is 7.30. The highest BCUT2D eigenvalue weighted by atomic mass is 32.2. The van der Waals surface area contributed by atoms with Gasteiger partial charge in [0.05, 0.1) is 37.1 Å². The second-order valence-corrected chi connectivity index (χ2v) is 9.51. The number of benzene rings is 1. The molecule has 1 aromatic carbocycles. The van der Waals surface area contributed by atoms with E-state index < -0.39 is 0 Å². The minimum absolute atomic E-state index is 0.0354. The van der Waals surface area contributed by atoms with Crippen LogP contribution in [0.1, 0.15) is 12.5 Å². The summed E-state index contributed by atoms with van der Waals surface area (Å²) in [6.07, 6.45) is 1.83. The van der Waals surface area contributed by atoms with Crippen LogP contribution in [0.15, 0.2) is 41.7 Å². The lowest BCUT2D eigenvalue weighted by Gasteiger charge is -2.28. The summed E-state index contributed by atoms with van der Waals surface area (Å²) in [5.74, 6) is 3.13. The molecule has 1 aliphatic heterocycles. The van der Waals surface area contributed by atoms with Crippen molar-refractivity contribution in [2.75, 3.05) is 49.3 Å². The lowest BCUT2D eigenvalue weighted by atomic mass is 10.2. The Bertz CT molecular complexity index is 1020. The van der Waals surface area contributed by atoms with Crippen LogP contribution < -0.4 is 10.2 Å². The van der Waals surface area contributed by atoms with Gasteiger partial charge in [-0.05, 0) is 11.3 Å². The Morgan fingerprint density at radius 2 is 2.00 bits per heavy atom. The number of anilines is 1. The molecule has 3 heterocycles. The zero-order valence-electron chi connectivity index (χ0n) is 18.2. The molecule has 0 unspecified atom stereocenters. The van der Waals surface area contributed by atoms with Crippen molar-refractivity contribution in [3.05, 3.63) is 42.1 Å². The van der Waals surface area contributed by atoms with E-state index in [0.717, 1.165) is 46.6 Å². The molecule has 10 heteroatoms. The summed E-state index contributed by atoms with van der Waals surface area (Å²) in [6, 6.07) is 10.2. The third-order valence-corrected chi connectivity index (χ3v) is 6.76. The van der Waals surface area contributed by atoms with Crippen LogP contribution in [0.4, 0.5) is 5.82 Å². The van der Waals surface area contributed by atoms with Gasteiger partial charge in [0, 0.05) is 25.4 Å². The summed E-state index contributed by atoms with van der Waals surface area (Å²) in [5, 5.41) is 9.23. The normalized spacial score (nSPS) is 14.1. The van der Waals surface area contributed by atoms with Crippen LogP contribution in [0.5, 0.6) is 0 Å². The van der Waals surface area contributed by atoms with Crippen molar-refractivity contribution in [2.45, 2.75) is 24.4 Å². The van der Waals surface area contributed by atoms with Gasteiger partial charge in [-0.1, -0.05) is 49.0 Å². The van der Waals surface area contributed by atoms with E-state index in [0.29, 0.717) is 32.1 Å². The summed E-state index contributed by atoms with van der Waals surface area (Å²) in [5.41, 5.74) is 2.04. The minimum Gasteiger partial charge on any atom is -0.378 e. The summed E-state index contributed by atoms with van der Waals surface area (Å²) < 4.78 is 7.35. The van der Waals surface area contributed by atoms with E-state index in [-0.39, 0.29) is 5.91 Å². The SMILES string of the molecule is CCSc1nc(N2CCOCC2)c2cnn(CCNC(=O)CSCc3ccccc3)c2n1. The average molecular weight is 473 g/mol. The molecule has 2 aromatic heterocycles. The Morgan fingerprint density at radius 1 is 1.19 bits per heavy atom. The van der Waals surface area contributed by atoms with Gasteiger partial charge >= 0.3 is 0 Å². The van der Waals surface area contributed by atoms with Crippen molar-refractivity contribution in [2.24, 2.45) is 0 Å². The highest BCUT2D eigenvalue weighted by Gasteiger charge is 2.20. The van der Waals surface area contributed by atoms with Crippen molar-refractivity contribution in [3.8, 4) is 0 Å². The molecule has 0 bridgehead atoms. The average Bonchev–Trinajstić information content (AvgIpc) is 3.23. The zero-order valence-corrected chi connectivity index (χ0v) is 19.8. The number of hydrogen-bond donors (Lipinski definition) is 1. The van der Waals surface area contributed by atoms with E-state index in [1.165, 1.54) is 5.56 Å². The number of aromatic nitrogens is 4. The van der Waals surface area contributed by atoms with E-state index in [2.05, 4.69) is 34.4 Å². The molecule has 1 amide bonds. The fourth-order valence-corrected chi connectivity index (χ4v) is 4.86. The maximum Gasteiger partial charge on any atom is 0.230 e. The smallest absolute Gasteiger partial charge is 0.230 e. The first-order valence-corrected chi connectivity index (χ1v) is 13.0. The van der Waals surface area contributed by atoms with Gasteiger partial charge in [-0.15, -0.1) is 11.8 Å². The Kier molecular flexibility index (Phi) is 8.24. The third-order valence-electron chi connectivity index (χ3n) is 5.03. The number of amides is 1. The van der Waals surface area contributed by atoms with E-state index in [1.54, 1.807) is 23.5 Å². The highest BCUT2D eigenvalue weighted by Crippen LogP contribution is 2.27. The molecule has 0 atom stereocenters.